The summed E-state index contributed by atoms with van der Waals surface area (Å²) in [5.41, 5.74) is 7.86. The first kappa shape index (κ1) is 12.1. The van der Waals surface area contributed by atoms with Gasteiger partial charge in [0.2, 0.25) is 0 Å². The number of rotatable bonds is 4. The number of nitrogens with two attached hydrogens (primary N) is 1. The van der Waals surface area contributed by atoms with Crippen LogP contribution in [-0.2, 0) is 0 Å². The number of pyridine rings is 2. The van der Waals surface area contributed by atoms with E-state index in [9.17, 15) is 0 Å². The molecule has 0 amide bonds. The Morgan fingerprint density at radius 1 is 1.16 bits per heavy atom. The summed E-state index contributed by atoms with van der Waals surface area (Å²) in [6, 6.07) is 9.80. The Labute approximate surface area is 114 Å². The first-order valence-corrected chi connectivity index (χ1v) is 6.83. The molecule has 96 valence electrons. The van der Waals surface area contributed by atoms with Gasteiger partial charge in [0.15, 0.2) is 10.8 Å². The third-order valence-electron chi connectivity index (χ3n) is 2.82. The molecule has 0 saturated carbocycles. The van der Waals surface area contributed by atoms with Crippen molar-refractivity contribution in [3.63, 3.8) is 0 Å². The average Bonchev–Trinajstić information content (AvgIpc) is 2.89. The SMILES string of the molecule is NCC(Sc1nnc2ccccn12)c1ccncc1. The van der Waals surface area contributed by atoms with Gasteiger partial charge < -0.3 is 5.73 Å². The van der Waals surface area contributed by atoms with Crippen molar-refractivity contribution in [1.29, 1.82) is 0 Å². The summed E-state index contributed by atoms with van der Waals surface area (Å²) in [7, 11) is 0. The van der Waals surface area contributed by atoms with Crippen LogP contribution in [-0.4, -0.2) is 26.1 Å². The largest absolute Gasteiger partial charge is 0.329 e. The van der Waals surface area contributed by atoms with Crippen LogP contribution in [0.15, 0.2) is 54.1 Å². The number of aromatic nitrogens is 4. The van der Waals surface area contributed by atoms with Gasteiger partial charge in [-0.1, -0.05) is 17.8 Å². The van der Waals surface area contributed by atoms with Crippen molar-refractivity contribution in [1.82, 2.24) is 19.6 Å². The highest BCUT2D eigenvalue weighted by molar-refractivity contribution is 7.99. The lowest BCUT2D eigenvalue weighted by Gasteiger charge is -2.12. The Bertz CT molecular complexity index is 667. The van der Waals surface area contributed by atoms with Gasteiger partial charge in [0.1, 0.15) is 0 Å². The molecule has 0 saturated heterocycles. The molecule has 5 nitrogen and oxygen atoms in total. The van der Waals surface area contributed by atoms with Crippen LogP contribution in [0.1, 0.15) is 10.8 Å². The molecule has 0 spiro atoms. The van der Waals surface area contributed by atoms with Gasteiger partial charge in [0.05, 0.1) is 0 Å². The maximum absolute atomic E-state index is 5.87. The summed E-state index contributed by atoms with van der Waals surface area (Å²) in [4.78, 5) is 4.03. The second-order valence-electron chi connectivity index (χ2n) is 4.03. The van der Waals surface area contributed by atoms with Gasteiger partial charge in [0, 0.05) is 30.4 Å². The summed E-state index contributed by atoms with van der Waals surface area (Å²) < 4.78 is 1.97. The molecule has 0 radical (unpaired) electrons. The van der Waals surface area contributed by atoms with Crippen LogP contribution in [0.2, 0.25) is 0 Å². The standard InChI is InChI=1S/C13H13N5S/c14-9-11(10-4-6-15-7-5-10)19-13-17-16-12-3-1-2-8-18(12)13/h1-8,11H,9,14H2. The van der Waals surface area contributed by atoms with Crippen molar-refractivity contribution in [2.24, 2.45) is 5.73 Å². The molecule has 3 aromatic heterocycles. The fraction of sp³-hybridized carbons (Fsp3) is 0.154. The molecule has 0 aliphatic heterocycles. The summed E-state index contributed by atoms with van der Waals surface area (Å²) in [5.74, 6) is 0. The number of nitrogens with zero attached hydrogens (tertiary/aromatic N) is 4. The van der Waals surface area contributed by atoms with Gasteiger partial charge in [-0.3, -0.25) is 9.38 Å². The zero-order valence-electron chi connectivity index (χ0n) is 10.2. The molecule has 1 atom stereocenters. The van der Waals surface area contributed by atoms with E-state index < -0.39 is 0 Å². The summed E-state index contributed by atoms with van der Waals surface area (Å²) in [6.45, 7) is 0.538. The van der Waals surface area contributed by atoms with Crippen molar-refractivity contribution in [3.05, 3.63) is 54.5 Å². The van der Waals surface area contributed by atoms with Crippen LogP contribution >= 0.6 is 11.8 Å². The van der Waals surface area contributed by atoms with E-state index in [1.165, 1.54) is 0 Å². The van der Waals surface area contributed by atoms with Gasteiger partial charge >= 0.3 is 0 Å². The molecule has 0 aliphatic rings. The third-order valence-corrected chi connectivity index (χ3v) is 4.06. The topological polar surface area (TPSA) is 69.1 Å². The summed E-state index contributed by atoms with van der Waals surface area (Å²) >= 11 is 1.61. The maximum Gasteiger partial charge on any atom is 0.196 e. The van der Waals surface area contributed by atoms with Gasteiger partial charge in [-0.15, -0.1) is 10.2 Å². The Morgan fingerprint density at radius 2 is 2.00 bits per heavy atom. The minimum Gasteiger partial charge on any atom is -0.329 e. The van der Waals surface area contributed by atoms with Gasteiger partial charge in [-0.2, -0.15) is 0 Å². The van der Waals surface area contributed by atoms with Crippen molar-refractivity contribution >= 4 is 17.4 Å². The van der Waals surface area contributed by atoms with E-state index in [1.54, 1.807) is 24.2 Å². The zero-order valence-corrected chi connectivity index (χ0v) is 11.0. The molecule has 0 aliphatic carbocycles. The summed E-state index contributed by atoms with van der Waals surface area (Å²) in [5, 5.41) is 9.35. The van der Waals surface area contributed by atoms with Crippen LogP contribution in [0.3, 0.4) is 0 Å². The number of thioether (sulfide) groups is 1. The molecule has 3 heterocycles. The molecular weight excluding hydrogens is 258 g/mol. The van der Waals surface area contributed by atoms with E-state index >= 15 is 0 Å². The molecule has 1 unspecified atom stereocenters. The lowest BCUT2D eigenvalue weighted by molar-refractivity contribution is 0.886. The van der Waals surface area contributed by atoms with Crippen molar-refractivity contribution in [2.75, 3.05) is 6.54 Å². The van der Waals surface area contributed by atoms with E-state index in [0.717, 1.165) is 16.4 Å². The molecular formula is C13H13N5S. The highest BCUT2D eigenvalue weighted by atomic mass is 32.2. The molecule has 6 heteroatoms. The third kappa shape index (κ3) is 2.45. The van der Waals surface area contributed by atoms with E-state index in [-0.39, 0.29) is 5.25 Å². The number of hydrogen-bond donors (Lipinski definition) is 1. The van der Waals surface area contributed by atoms with E-state index in [4.69, 9.17) is 5.73 Å². The van der Waals surface area contributed by atoms with E-state index in [2.05, 4.69) is 15.2 Å². The monoisotopic (exact) mass is 271 g/mol. The smallest absolute Gasteiger partial charge is 0.196 e. The maximum atomic E-state index is 5.87. The number of hydrogen-bond acceptors (Lipinski definition) is 5. The molecule has 3 rings (SSSR count). The van der Waals surface area contributed by atoms with Gasteiger partial charge in [-0.05, 0) is 29.8 Å². The fourth-order valence-electron chi connectivity index (χ4n) is 1.86. The second kappa shape index (κ2) is 5.38. The molecule has 0 bridgehead atoms. The second-order valence-corrected chi connectivity index (χ2v) is 5.20. The lowest BCUT2D eigenvalue weighted by atomic mass is 10.2. The van der Waals surface area contributed by atoms with Gasteiger partial charge in [0.25, 0.3) is 0 Å². The molecule has 3 aromatic rings. The van der Waals surface area contributed by atoms with E-state index in [1.807, 2.05) is 40.9 Å². The Balaban J connectivity index is 1.91. The first-order chi connectivity index (χ1) is 9.38. The van der Waals surface area contributed by atoms with Crippen LogP contribution in [0, 0.1) is 0 Å². The zero-order chi connectivity index (χ0) is 13.1. The van der Waals surface area contributed by atoms with Crippen LogP contribution < -0.4 is 5.73 Å². The highest BCUT2D eigenvalue weighted by Crippen LogP contribution is 2.32. The average molecular weight is 271 g/mol. The minimum atomic E-state index is 0.149. The van der Waals surface area contributed by atoms with Crippen LogP contribution in [0.5, 0.6) is 0 Å². The van der Waals surface area contributed by atoms with Gasteiger partial charge in [-0.25, -0.2) is 0 Å². The highest BCUT2D eigenvalue weighted by Gasteiger charge is 2.15. The Morgan fingerprint density at radius 3 is 2.79 bits per heavy atom. The van der Waals surface area contributed by atoms with E-state index in [0.29, 0.717) is 6.54 Å². The summed E-state index contributed by atoms with van der Waals surface area (Å²) in [6.07, 6.45) is 5.51. The molecule has 0 aromatic carbocycles. The molecule has 0 fully saturated rings. The van der Waals surface area contributed by atoms with Crippen molar-refractivity contribution < 1.29 is 0 Å². The van der Waals surface area contributed by atoms with Crippen molar-refractivity contribution in [2.45, 2.75) is 10.4 Å². The van der Waals surface area contributed by atoms with Crippen LogP contribution in [0.25, 0.3) is 5.65 Å². The quantitative estimate of drug-likeness (QED) is 0.734. The lowest BCUT2D eigenvalue weighted by Crippen LogP contribution is -2.10. The fourth-order valence-corrected chi connectivity index (χ4v) is 2.86. The minimum absolute atomic E-state index is 0.149. The normalized spacial score (nSPS) is 12.7. The molecule has 2 N–H and O–H groups in total. The number of fused-ring (bicyclic) bond motifs is 1. The molecule has 19 heavy (non-hydrogen) atoms. The Kier molecular flexibility index (Phi) is 3.43. The first-order valence-electron chi connectivity index (χ1n) is 5.95. The van der Waals surface area contributed by atoms with Crippen LogP contribution in [0.4, 0.5) is 0 Å². The van der Waals surface area contributed by atoms with Crippen molar-refractivity contribution in [3.8, 4) is 0 Å². The predicted molar refractivity (Wildman–Crippen MR) is 74.9 cm³/mol. The Hall–Kier alpha value is -1.92. The predicted octanol–water partition coefficient (Wildman–Crippen LogP) is 1.92.